The average Bonchev–Trinajstić information content (AvgIpc) is 2.29. The van der Waals surface area contributed by atoms with E-state index in [4.69, 9.17) is 14.6 Å². The summed E-state index contributed by atoms with van der Waals surface area (Å²) in [6.07, 6.45) is 1.02. The maximum absolute atomic E-state index is 8.97. The van der Waals surface area contributed by atoms with E-state index in [1.807, 2.05) is 12.1 Å². The Morgan fingerprint density at radius 2 is 2.13 bits per heavy atom. The van der Waals surface area contributed by atoms with E-state index >= 15 is 0 Å². The predicted molar refractivity (Wildman–Crippen MR) is 67.9 cm³/mol. The van der Waals surface area contributed by atoms with Gasteiger partial charge in [-0.1, -0.05) is 28.7 Å². The highest BCUT2D eigenvalue weighted by Crippen LogP contribution is 2.28. The normalized spacial score (nSPS) is 10.1. The molecule has 1 rings (SSSR count). The number of aliphatic hydroxyl groups excluding tert-OH is 1. The third kappa shape index (κ3) is 3.87. The molecule has 0 aliphatic rings. The van der Waals surface area contributed by atoms with E-state index in [9.17, 15) is 0 Å². The Bertz CT molecular complexity index is 302. The van der Waals surface area contributed by atoms with Crippen LogP contribution < -0.4 is 9.47 Å². The van der Waals surface area contributed by atoms with Gasteiger partial charge in [-0.2, -0.15) is 0 Å². The Hall–Kier alpha value is -0.490. The fraction of sp³-hybridized carbons (Fsp3) is 0.455. The van der Waals surface area contributed by atoms with E-state index < -0.39 is 0 Å². The van der Waals surface area contributed by atoms with Crippen LogP contribution in [0.5, 0.6) is 11.5 Å². The summed E-state index contributed by atoms with van der Waals surface area (Å²) in [7, 11) is 1.60. The van der Waals surface area contributed by atoms with Gasteiger partial charge < -0.3 is 14.6 Å². The van der Waals surface area contributed by atoms with Gasteiger partial charge in [0.05, 0.1) is 20.3 Å². The molecule has 0 unspecified atom stereocenters. The van der Waals surface area contributed by atoms with Crippen molar-refractivity contribution < 1.29 is 14.6 Å². The van der Waals surface area contributed by atoms with Crippen molar-refractivity contribution in [1.29, 1.82) is 0 Å². The fourth-order valence-electron chi connectivity index (χ4n) is 1.17. The van der Waals surface area contributed by atoms with E-state index in [1.165, 1.54) is 0 Å². The quantitative estimate of drug-likeness (QED) is 0.497. The van der Waals surface area contributed by atoms with Gasteiger partial charge in [-0.25, -0.2) is 0 Å². The van der Waals surface area contributed by atoms with Crippen molar-refractivity contribution >= 4 is 22.6 Å². The molecule has 0 atom stereocenters. The predicted octanol–water partition coefficient (Wildman–Crippen LogP) is 2.39. The number of benzene rings is 1. The van der Waals surface area contributed by atoms with Gasteiger partial charge in [-0.15, -0.1) is 0 Å². The third-order valence-electron chi connectivity index (χ3n) is 1.95. The van der Waals surface area contributed by atoms with Crippen LogP contribution in [-0.4, -0.2) is 23.3 Å². The molecule has 1 aromatic rings. The molecular formula is C11H15IO3. The highest BCUT2D eigenvalue weighted by molar-refractivity contribution is 14.1. The summed E-state index contributed by atoms with van der Waals surface area (Å²) < 4.78 is 11.8. The zero-order chi connectivity index (χ0) is 11.1. The number of ether oxygens (including phenoxy) is 2. The first-order chi connectivity index (χ1) is 7.31. The molecule has 0 saturated heterocycles. The zero-order valence-corrected chi connectivity index (χ0v) is 10.9. The Morgan fingerprint density at radius 3 is 2.73 bits per heavy atom. The van der Waals surface area contributed by atoms with E-state index in [2.05, 4.69) is 22.6 Å². The van der Waals surface area contributed by atoms with Crippen LogP contribution in [0, 0.1) is 0 Å². The van der Waals surface area contributed by atoms with Gasteiger partial charge in [0, 0.05) is 4.43 Å². The zero-order valence-electron chi connectivity index (χ0n) is 8.70. The molecular weight excluding hydrogens is 307 g/mol. The molecule has 0 bridgehead atoms. The number of hydrogen-bond donors (Lipinski definition) is 1. The van der Waals surface area contributed by atoms with Gasteiger partial charge >= 0.3 is 0 Å². The summed E-state index contributed by atoms with van der Waals surface area (Å²) in [6, 6.07) is 5.46. The maximum Gasteiger partial charge on any atom is 0.161 e. The first-order valence-corrected chi connectivity index (χ1v) is 6.31. The molecule has 0 radical (unpaired) electrons. The second kappa shape index (κ2) is 6.90. The second-order valence-corrected chi connectivity index (χ2v) is 4.11. The summed E-state index contributed by atoms with van der Waals surface area (Å²) in [4.78, 5) is 0. The Kier molecular flexibility index (Phi) is 5.78. The summed E-state index contributed by atoms with van der Waals surface area (Å²) in [5, 5.41) is 8.97. The van der Waals surface area contributed by atoms with Gasteiger partial charge in [0.25, 0.3) is 0 Å². The number of hydrogen-bond acceptors (Lipinski definition) is 3. The summed E-state index contributed by atoms with van der Waals surface area (Å²) >= 11 is 2.32. The lowest BCUT2D eigenvalue weighted by atomic mass is 10.2. The van der Waals surface area contributed by atoms with Crippen molar-refractivity contribution in [3.63, 3.8) is 0 Å². The molecule has 84 valence electrons. The molecule has 15 heavy (non-hydrogen) atoms. The van der Waals surface area contributed by atoms with Crippen LogP contribution in [-0.2, 0) is 6.61 Å². The lowest BCUT2D eigenvalue weighted by Crippen LogP contribution is -2.00. The van der Waals surface area contributed by atoms with Crippen LogP contribution in [0.3, 0.4) is 0 Å². The van der Waals surface area contributed by atoms with Gasteiger partial charge in [0.1, 0.15) is 0 Å². The summed E-state index contributed by atoms with van der Waals surface area (Å²) in [6.45, 7) is 0.710. The second-order valence-electron chi connectivity index (χ2n) is 3.03. The molecule has 0 fully saturated rings. The SMILES string of the molecule is COc1cc(CO)ccc1OCCCI. The highest BCUT2D eigenvalue weighted by atomic mass is 127. The first kappa shape index (κ1) is 12.6. The van der Waals surface area contributed by atoms with E-state index in [0.717, 1.165) is 22.2 Å². The van der Waals surface area contributed by atoms with Crippen LogP contribution in [0.15, 0.2) is 18.2 Å². The van der Waals surface area contributed by atoms with Crippen LogP contribution in [0.4, 0.5) is 0 Å². The van der Waals surface area contributed by atoms with Crippen molar-refractivity contribution in [1.82, 2.24) is 0 Å². The minimum atomic E-state index is 0.0182. The standard InChI is InChI=1S/C11H15IO3/c1-14-11-7-9(8-13)3-4-10(11)15-6-2-5-12/h3-4,7,13H,2,5-6,8H2,1H3. The number of rotatable bonds is 6. The molecule has 0 aliphatic heterocycles. The average molecular weight is 322 g/mol. The highest BCUT2D eigenvalue weighted by Gasteiger charge is 2.04. The van der Waals surface area contributed by atoms with Gasteiger partial charge in [0.15, 0.2) is 11.5 Å². The summed E-state index contributed by atoms with van der Waals surface area (Å²) in [5.41, 5.74) is 0.827. The van der Waals surface area contributed by atoms with Gasteiger partial charge in [-0.05, 0) is 24.1 Å². The number of aliphatic hydroxyl groups is 1. The topological polar surface area (TPSA) is 38.7 Å². The molecule has 0 aliphatic carbocycles. The smallest absolute Gasteiger partial charge is 0.161 e. The van der Waals surface area contributed by atoms with Crippen molar-refractivity contribution in [2.75, 3.05) is 18.1 Å². The van der Waals surface area contributed by atoms with E-state index in [-0.39, 0.29) is 6.61 Å². The fourth-order valence-corrected chi connectivity index (χ4v) is 1.48. The van der Waals surface area contributed by atoms with Crippen molar-refractivity contribution in [2.24, 2.45) is 0 Å². The van der Waals surface area contributed by atoms with E-state index in [1.54, 1.807) is 13.2 Å². The molecule has 4 heteroatoms. The molecule has 1 N–H and O–H groups in total. The lowest BCUT2D eigenvalue weighted by molar-refractivity contribution is 0.277. The number of halogens is 1. The Balaban J connectivity index is 2.69. The molecule has 1 aromatic carbocycles. The summed E-state index contributed by atoms with van der Waals surface area (Å²) in [5.74, 6) is 1.41. The van der Waals surface area contributed by atoms with Gasteiger partial charge in [0.2, 0.25) is 0 Å². The monoisotopic (exact) mass is 322 g/mol. The van der Waals surface area contributed by atoms with Crippen LogP contribution in [0.1, 0.15) is 12.0 Å². The first-order valence-electron chi connectivity index (χ1n) is 4.78. The maximum atomic E-state index is 8.97. The van der Waals surface area contributed by atoms with Crippen molar-refractivity contribution in [3.8, 4) is 11.5 Å². The number of alkyl halides is 1. The van der Waals surface area contributed by atoms with Crippen molar-refractivity contribution in [2.45, 2.75) is 13.0 Å². The van der Waals surface area contributed by atoms with Crippen LogP contribution in [0.2, 0.25) is 0 Å². The molecule has 0 spiro atoms. The molecule has 0 aromatic heterocycles. The Morgan fingerprint density at radius 1 is 1.33 bits per heavy atom. The largest absolute Gasteiger partial charge is 0.493 e. The minimum Gasteiger partial charge on any atom is -0.493 e. The molecule has 0 saturated carbocycles. The Labute approximate surface area is 104 Å². The lowest BCUT2D eigenvalue weighted by Gasteiger charge is -2.10. The molecule has 0 heterocycles. The van der Waals surface area contributed by atoms with Crippen LogP contribution in [0.25, 0.3) is 0 Å². The molecule has 3 nitrogen and oxygen atoms in total. The van der Waals surface area contributed by atoms with Crippen LogP contribution >= 0.6 is 22.6 Å². The molecule has 0 amide bonds. The number of methoxy groups -OCH3 is 1. The van der Waals surface area contributed by atoms with Gasteiger partial charge in [-0.3, -0.25) is 0 Å². The minimum absolute atomic E-state index is 0.0182. The third-order valence-corrected chi connectivity index (χ3v) is 2.71. The van der Waals surface area contributed by atoms with E-state index in [0.29, 0.717) is 12.4 Å². The van der Waals surface area contributed by atoms with Crippen molar-refractivity contribution in [3.05, 3.63) is 23.8 Å².